The van der Waals surface area contributed by atoms with Gasteiger partial charge in [-0.15, -0.1) is 0 Å². The fraction of sp³-hybridized carbons (Fsp3) is 0.267. The van der Waals surface area contributed by atoms with E-state index in [9.17, 15) is 9.59 Å². The highest BCUT2D eigenvalue weighted by molar-refractivity contribution is 9.10. The zero-order valence-electron chi connectivity index (χ0n) is 12.7. The van der Waals surface area contributed by atoms with E-state index in [-0.39, 0.29) is 11.5 Å². The van der Waals surface area contributed by atoms with E-state index < -0.39 is 11.5 Å². The number of carbonyl (C=O) groups excluding carboxylic acids is 1. The Morgan fingerprint density at radius 1 is 1.43 bits per heavy atom. The minimum absolute atomic E-state index is 0.00464. The number of nitrogen functional groups attached to an aromatic ring is 1. The number of carbonyl (C=O) groups is 1. The first-order valence-electron chi connectivity index (χ1n) is 7.04. The molecule has 0 aliphatic rings. The molecule has 2 aromatic rings. The van der Waals surface area contributed by atoms with Crippen LogP contribution in [0.3, 0.4) is 0 Å². The van der Waals surface area contributed by atoms with Crippen LogP contribution in [0.5, 0.6) is 0 Å². The lowest BCUT2D eigenvalue weighted by Gasteiger charge is -2.10. The molecule has 4 N–H and O–H groups in total. The van der Waals surface area contributed by atoms with Crippen LogP contribution < -0.4 is 16.6 Å². The fourth-order valence-electron chi connectivity index (χ4n) is 1.71. The smallest absolute Gasteiger partial charge is 0.277 e. The van der Waals surface area contributed by atoms with Gasteiger partial charge >= 0.3 is 0 Å². The highest BCUT2D eigenvalue weighted by Crippen LogP contribution is 2.23. The Labute approximate surface area is 146 Å². The summed E-state index contributed by atoms with van der Waals surface area (Å²) in [5.74, 6) is -0.413. The van der Waals surface area contributed by atoms with Gasteiger partial charge in [-0.25, -0.2) is 4.98 Å². The first-order valence-corrected chi connectivity index (χ1v) is 8.71. The Hall–Kier alpha value is -1.80. The van der Waals surface area contributed by atoms with Crippen LogP contribution in [0.4, 0.5) is 11.5 Å². The molecule has 0 saturated heterocycles. The zero-order chi connectivity index (χ0) is 17.0. The maximum atomic E-state index is 12.2. The number of nitrogens with two attached hydrogens (primary N) is 1. The molecule has 0 saturated carbocycles. The van der Waals surface area contributed by atoms with Gasteiger partial charge in [0.25, 0.3) is 11.5 Å². The Morgan fingerprint density at radius 3 is 2.65 bits per heavy atom. The normalized spacial score (nSPS) is 12.0. The van der Waals surface area contributed by atoms with Gasteiger partial charge in [-0.1, -0.05) is 41.5 Å². The monoisotopic (exact) mass is 396 g/mol. The first-order chi connectivity index (χ1) is 10.9. The van der Waals surface area contributed by atoms with Crippen molar-refractivity contribution in [2.45, 2.75) is 30.7 Å². The van der Waals surface area contributed by atoms with Crippen LogP contribution in [0.15, 0.2) is 38.7 Å². The number of rotatable bonds is 5. The van der Waals surface area contributed by atoms with Crippen LogP contribution >= 0.6 is 27.7 Å². The van der Waals surface area contributed by atoms with Gasteiger partial charge in [0.2, 0.25) is 0 Å². The molecule has 0 unspecified atom stereocenters. The topological polar surface area (TPSA) is 101 Å². The summed E-state index contributed by atoms with van der Waals surface area (Å²) in [6.07, 6.45) is 0.941. The van der Waals surface area contributed by atoms with E-state index >= 15 is 0 Å². The third-order valence-electron chi connectivity index (χ3n) is 3.16. The van der Waals surface area contributed by atoms with E-state index in [0.29, 0.717) is 16.0 Å². The fourth-order valence-corrected chi connectivity index (χ4v) is 2.82. The highest BCUT2D eigenvalue weighted by Gasteiger charge is 2.15. The molecule has 0 radical (unpaired) electrons. The second-order valence-electron chi connectivity index (χ2n) is 4.93. The van der Waals surface area contributed by atoms with Crippen LogP contribution in [0.2, 0.25) is 0 Å². The predicted molar refractivity (Wildman–Crippen MR) is 97.0 cm³/mol. The number of hydrogen-bond donors (Lipinski definition) is 3. The van der Waals surface area contributed by atoms with E-state index in [1.165, 1.54) is 11.8 Å². The molecule has 1 amide bonds. The van der Waals surface area contributed by atoms with Gasteiger partial charge in [0.1, 0.15) is 5.69 Å². The molecule has 122 valence electrons. The molecule has 1 heterocycles. The van der Waals surface area contributed by atoms with Crippen molar-refractivity contribution in [3.63, 3.8) is 0 Å². The lowest BCUT2D eigenvalue weighted by molar-refractivity contribution is 0.102. The van der Waals surface area contributed by atoms with Gasteiger partial charge in [0.15, 0.2) is 11.0 Å². The highest BCUT2D eigenvalue weighted by atomic mass is 79.9. The zero-order valence-corrected chi connectivity index (χ0v) is 15.1. The van der Waals surface area contributed by atoms with Crippen molar-refractivity contribution in [2.75, 3.05) is 11.1 Å². The molecular weight excluding hydrogens is 380 g/mol. The van der Waals surface area contributed by atoms with E-state index in [1.807, 2.05) is 13.8 Å². The molecule has 0 spiro atoms. The summed E-state index contributed by atoms with van der Waals surface area (Å²) in [5.41, 5.74) is 5.74. The minimum atomic E-state index is -0.464. The van der Waals surface area contributed by atoms with E-state index in [1.54, 1.807) is 24.3 Å². The molecular formula is C15H17BrN4O2S. The number of benzene rings is 1. The largest absolute Gasteiger partial charge is 0.382 e. The lowest BCUT2D eigenvalue weighted by atomic mass is 10.2. The quantitative estimate of drug-likeness (QED) is 0.531. The van der Waals surface area contributed by atoms with Gasteiger partial charge in [-0.05, 0) is 30.7 Å². The minimum Gasteiger partial charge on any atom is -0.382 e. The number of H-pyrrole nitrogens is 1. The van der Waals surface area contributed by atoms with Crippen molar-refractivity contribution in [1.29, 1.82) is 0 Å². The van der Waals surface area contributed by atoms with Crippen LogP contribution in [0.1, 0.15) is 30.6 Å². The number of anilines is 2. The molecule has 1 aromatic carbocycles. The summed E-state index contributed by atoms with van der Waals surface area (Å²) in [6, 6.07) is 6.77. The number of nitrogens with one attached hydrogen (secondary N) is 2. The Morgan fingerprint density at radius 2 is 2.09 bits per heavy atom. The molecule has 0 fully saturated rings. The predicted octanol–water partition coefficient (Wildman–Crippen LogP) is 3.26. The van der Waals surface area contributed by atoms with E-state index in [4.69, 9.17) is 5.73 Å². The number of nitrogens with zero attached hydrogens (tertiary/aromatic N) is 1. The van der Waals surface area contributed by atoms with Crippen LogP contribution in [0.25, 0.3) is 0 Å². The van der Waals surface area contributed by atoms with Crippen molar-refractivity contribution in [1.82, 2.24) is 9.97 Å². The third-order valence-corrected chi connectivity index (χ3v) is 4.84. The maximum absolute atomic E-state index is 12.2. The van der Waals surface area contributed by atoms with Gasteiger partial charge in [-0.3, -0.25) is 14.6 Å². The van der Waals surface area contributed by atoms with Crippen molar-refractivity contribution in [3.05, 3.63) is 44.7 Å². The van der Waals surface area contributed by atoms with E-state index in [2.05, 4.69) is 31.2 Å². The molecule has 1 aromatic heterocycles. The summed E-state index contributed by atoms with van der Waals surface area (Å²) in [7, 11) is 0. The summed E-state index contributed by atoms with van der Waals surface area (Å²) < 4.78 is 0.861. The second kappa shape index (κ2) is 7.65. The van der Waals surface area contributed by atoms with E-state index in [0.717, 1.165) is 10.9 Å². The summed E-state index contributed by atoms with van der Waals surface area (Å²) >= 11 is 4.73. The average Bonchev–Trinajstić information content (AvgIpc) is 2.51. The van der Waals surface area contributed by atoms with Crippen LogP contribution in [-0.2, 0) is 0 Å². The third kappa shape index (κ3) is 4.59. The van der Waals surface area contributed by atoms with Gasteiger partial charge in [-0.2, -0.15) is 0 Å². The molecule has 0 bridgehead atoms. The summed E-state index contributed by atoms with van der Waals surface area (Å²) in [5, 5.41) is 3.27. The summed E-state index contributed by atoms with van der Waals surface area (Å²) in [4.78, 5) is 31.1. The van der Waals surface area contributed by atoms with Gasteiger partial charge in [0, 0.05) is 15.3 Å². The number of amides is 1. The molecule has 23 heavy (non-hydrogen) atoms. The Balaban J connectivity index is 2.21. The Bertz CT molecular complexity index is 761. The van der Waals surface area contributed by atoms with Crippen molar-refractivity contribution >= 4 is 45.1 Å². The average molecular weight is 397 g/mol. The molecule has 0 aliphatic heterocycles. The molecule has 8 heteroatoms. The maximum Gasteiger partial charge on any atom is 0.277 e. The van der Waals surface area contributed by atoms with Crippen molar-refractivity contribution < 1.29 is 4.79 Å². The van der Waals surface area contributed by atoms with Crippen LogP contribution in [0, 0.1) is 0 Å². The second-order valence-corrected chi connectivity index (χ2v) is 7.27. The lowest BCUT2D eigenvalue weighted by Crippen LogP contribution is -2.23. The number of halogens is 1. The number of hydrogen-bond acceptors (Lipinski definition) is 5. The molecule has 6 nitrogen and oxygen atoms in total. The van der Waals surface area contributed by atoms with Gasteiger partial charge in [0.05, 0.1) is 0 Å². The SMILES string of the molecule is CC[C@@H](C)Sc1nc(N)c(NC(=O)c2ccc(Br)cc2)c(=O)[nH]1. The first kappa shape index (κ1) is 17.6. The van der Waals surface area contributed by atoms with Crippen LogP contribution in [-0.4, -0.2) is 21.1 Å². The summed E-state index contributed by atoms with van der Waals surface area (Å²) in [6.45, 7) is 4.08. The van der Waals surface area contributed by atoms with Gasteiger partial charge < -0.3 is 11.1 Å². The number of aromatic amines is 1. The standard InChI is InChI=1S/C15H17BrN4O2S/c1-3-8(2)23-15-19-12(17)11(14(22)20-15)18-13(21)9-4-6-10(16)7-5-9/h4-8H,3H2,1-2H3,(H,18,21)(H3,17,19,20,22)/t8-/m1/s1. The van der Waals surface area contributed by atoms with Crippen molar-refractivity contribution in [2.24, 2.45) is 0 Å². The van der Waals surface area contributed by atoms with Crippen molar-refractivity contribution in [3.8, 4) is 0 Å². The number of thioether (sulfide) groups is 1. The number of aromatic nitrogens is 2. The molecule has 2 rings (SSSR count). The Kier molecular flexibility index (Phi) is 5.84. The molecule has 0 aliphatic carbocycles. The molecule has 1 atom stereocenters.